The molecule has 1 saturated carbocycles. The minimum Gasteiger partial charge on any atom is -0.306 e. The molecule has 1 aromatic heterocycles. The molecule has 0 bridgehead atoms. The van der Waals surface area contributed by atoms with E-state index in [0.717, 1.165) is 18.2 Å². The van der Waals surface area contributed by atoms with Crippen LogP contribution in [0.2, 0.25) is 0 Å². The van der Waals surface area contributed by atoms with E-state index in [0.29, 0.717) is 0 Å². The first-order valence-electron chi connectivity index (χ1n) is 4.93. The van der Waals surface area contributed by atoms with E-state index in [1.165, 1.54) is 19.3 Å². The van der Waals surface area contributed by atoms with Crippen molar-refractivity contribution in [3.05, 3.63) is 24.3 Å². The number of fused-ring (bicyclic) bond motifs is 1. The molecule has 68 valence electrons. The lowest BCUT2D eigenvalue weighted by atomic mass is 9.66. The van der Waals surface area contributed by atoms with Crippen molar-refractivity contribution in [2.24, 2.45) is 5.92 Å². The molecule has 2 atom stereocenters. The van der Waals surface area contributed by atoms with Crippen molar-refractivity contribution in [2.75, 3.05) is 6.54 Å². The maximum atomic E-state index is 4.41. The summed E-state index contributed by atoms with van der Waals surface area (Å²) in [7, 11) is 0. The second-order valence-corrected chi connectivity index (χ2v) is 4.01. The van der Waals surface area contributed by atoms with Gasteiger partial charge in [-0.3, -0.25) is 9.97 Å². The summed E-state index contributed by atoms with van der Waals surface area (Å²) in [5.74, 6) is 0.809. The van der Waals surface area contributed by atoms with Gasteiger partial charge in [-0.25, -0.2) is 0 Å². The predicted molar refractivity (Wildman–Crippen MR) is 49.1 cm³/mol. The SMILES string of the molecule is c1cnc([C@]23CC[C@H]2CCN3)cn1. The molecule has 1 aromatic rings. The number of aromatic nitrogens is 2. The summed E-state index contributed by atoms with van der Waals surface area (Å²) in [5, 5.41) is 3.58. The predicted octanol–water partition coefficient (Wildman–Crippen LogP) is 1.08. The second kappa shape index (κ2) is 2.51. The first kappa shape index (κ1) is 7.44. The quantitative estimate of drug-likeness (QED) is 0.694. The minimum absolute atomic E-state index is 0.203. The molecule has 1 aliphatic carbocycles. The zero-order chi connectivity index (χ0) is 8.73. The molecule has 2 heterocycles. The lowest BCUT2D eigenvalue weighted by Gasteiger charge is -2.44. The van der Waals surface area contributed by atoms with E-state index in [1.807, 2.05) is 6.20 Å². The number of nitrogens with one attached hydrogen (secondary N) is 1. The summed E-state index contributed by atoms with van der Waals surface area (Å²) in [4.78, 5) is 8.55. The summed E-state index contributed by atoms with van der Waals surface area (Å²) >= 11 is 0. The molecular weight excluding hydrogens is 162 g/mol. The molecule has 0 spiro atoms. The molecule has 0 aromatic carbocycles. The maximum Gasteiger partial charge on any atom is 0.0790 e. The van der Waals surface area contributed by atoms with Crippen LogP contribution in [0.3, 0.4) is 0 Å². The van der Waals surface area contributed by atoms with E-state index in [4.69, 9.17) is 0 Å². The zero-order valence-electron chi connectivity index (χ0n) is 7.53. The Morgan fingerprint density at radius 1 is 1.38 bits per heavy atom. The van der Waals surface area contributed by atoms with Crippen LogP contribution in [0.5, 0.6) is 0 Å². The van der Waals surface area contributed by atoms with Crippen LogP contribution in [-0.4, -0.2) is 16.5 Å². The Labute approximate surface area is 77.6 Å². The highest BCUT2D eigenvalue weighted by atomic mass is 15.1. The van der Waals surface area contributed by atoms with E-state index < -0.39 is 0 Å². The van der Waals surface area contributed by atoms with Crippen LogP contribution < -0.4 is 5.32 Å². The van der Waals surface area contributed by atoms with Gasteiger partial charge in [0.2, 0.25) is 0 Å². The summed E-state index contributed by atoms with van der Waals surface area (Å²) in [6.07, 6.45) is 9.32. The molecule has 1 aliphatic heterocycles. The van der Waals surface area contributed by atoms with E-state index in [9.17, 15) is 0 Å². The van der Waals surface area contributed by atoms with E-state index >= 15 is 0 Å². The molecule has 0 radical (unpaired) electrons. The van der Waals surface area contributed by atoms with Crippen LogP contribution >= 0.6 is 0 Å². The average Bonchev–Trinajstić information content (AvgIpc) is 2.45. The van der Waals surface area contributed by atoms with Crippen molar-refractivity contribution >= 4 is 0 Å². The van der Waals surface area contributed by atoms with Gasteiger partial charge in [-0.15, -0.1) is 0 Å². The molecule has 1 N–H and O–H groups in total. The number of hydrogen-bond acceptors (Lipinski definition) is 3. The maximum absolute atomic E-state index is 4.41. The first-order chi connectivity index (χ1) is 6.42. The van der Waals surface area contributed by atoms with Gasteiger partial charge in [0.05, 0.1) is 17.4 Å². The van der Waals surface area contributed by atoms with Crippen LogP contribution in [0.1, 0.15) is 25.0 Å². The van der Waals surface area contributed by atoms with Gasteiger partial charge in [-0.1, -0.05) is 0 Å². The number of rotatable bonds is 1. The van der Waals surface area contributed by atoms with E-state index in [-0.39, 0.29) is 5.54 Å². The Balaban J connectivity index is 2.00. The fourth-order valence-corrected chi connectivity index (χ4v) is 2.69. The van der Waals surface area contributed by atoms with E-state index in [2.05, 4.69) is 15.3 Å². The summed E-state index contributed by atoms with van der Waals surface area (Å²) in [6.45, 7) is 1.14. The smallest absolute Gasteiger partial charge is 0.0790 e. The highest BCUT2D eigenvalue weighted by Gasteiger charge is 2.51. The Morgan fingerprint density at radius 2 is 2.38 bits per heavy atom. The largest absolute Gasteiger partial charge is 0.306 e. The van der Waals surface area contributed by atoms with Crippen LogP contribution in [0.4, 0.5) is 0 Å². The van der Waals surface area contributed by atoms with Crippen molar-refractivity contribution in [3.8, 4) is 0 Å². The lowest BCUT2D eigenvalue weighted by molar-refractivity contribution is 0.130. The molecule has 1 saturated heterocycles. The van der Waals surface area contributed by atoms with Gasteiger partial charge in [-0.05, 0) is 31.7 Å². The lowest BCUT2D eigenvalue weighted by Crippen LogP contribution is -2.49. The molecule has 0 unspecified atom stereocenters. The van der Waals surface area contributed by atoms with Gasteiger partial charge in [0, 0.05) is 12.4 Å². The Morgan fingerprint density at radius 3 is 3.00 bits per heavy atom. The topological polar surface area (TPSA) is 37.8 Å². The van der Waals surface area contributed by atoms with Crippen molar-refractivity contribution < 1.29 is 0 Å². The first-order valence-corrected chi connectivity index (χ1v) is 4.93. The molecule has 3 rings (SSSR count). The molecule has 3 heteroatoms. The Hall–Kier alpha value is -0.960. The number of nitrogens with zero attached hydrogens (tertiary/aromatic N) is 2. The highest BCUT2D eigenvalue weighted by Crippen LogP contribution is 2.50. The molecule has 13 heavy (non-hydrogen) atoms. The zero-order valence-corrected chi connectivity index (χ0v) is 7.53. The third-order valence-corrected chi connectivity index (χ3v) is 3.54. The summed E-state index contributed by atoms with van der Waals surface area (Å²) in [6, 6.07) is 0. The monoisotopic (exact) mass is 175 g/mol. The van der Waals surface area contributed by atoms with Crippen molar-refractivity contribution in [1.82, 2.24) is 15.3 Å². The van der Waals surface area contributed by atoms with Gasteiger partial charge in [0.1, 0.15) is 0 Å². The molecular formula is C10H13N3. The fraction of sp³-hybridized carbons (Fsp3) is 0.600. The molecule has 2 fully saturated rings. The second-order valence-electron chi connectivity index (χ2n) is 4.01. The average molecular weight is 175 g/mol. The molecule has 0 amide bonds. The van der Waals surface area contributed by atoms with E-state index in [1.54, 1.807) is 12.4 Å². The van der Waals surface area contributed by atoms with Crippen molar-refractivity contribution in [1.29, 1.82) is 0 Å². The Bertz CT molecular complexity index is 311. The standard InChI is InChI=1S/C10H13N3/c1-3-10(8(1)2-4-13-10)9-7-11-5-6-12-9/h5-8,13H,1-4H2/t8-,10-/m0/s1. The summed E-state index contributed by atoms with van der Waals surface area (Å²) in [5.41, 5.74) is 1.35. The van der Waals surface area contributed by atoms with Crippen LogP contribution in [0.15, 0.2) is 18.6 Å². The fourth-order valence-electron chi connectivity index (χ4n) is 2.69. The number of hydrogen-bond donors (Lipinski definition) is 1. The minimum atomic E-state index is 0.203. The van der Waals surface area contributed by atoms with Gasteiger partial charge in [0.25, 0.3) is 0 Å². The van der Waals surface area contributed by atoms with Crippen molar-refractivity contribution in [3.63, 3.8) is 0 Å². The summed E-state index contributed by atoms with van der Waals surface area (Å²) < 4.78 is 0. The third kappa shape index (κ3) is 0.879. The van der Waals surface area contributed by atoms with Gasteiger partial charge in [-0.2, -0.15) is 0 Å². The van der Waals surface area contributed by atoms with Gasteiger partial charge < -0.3 is 5.32 Å². The third-order valence-electron chi connectivity index (χ3n) is 3.54. The highest BCUT2D eigenvalue weighted by molar-refractivity contribution is 5.21. The van der Waals surface area contributed by atoms with Gasteiger partial charge >= 0.3 is 0 Å². The van der Waals surface area contributed by atoms with Crippen molar-refractivity contribution in [2.45, 2.75) is 24.8 Å². The molecule has 2 aliphatic rings. The normalized spacial score (nSPS) is 36.8. The van der Waals surface area contributed by atoms with Crippen LogP contribution in [0, 0.1) is 5.92 Å². The van der Waals surface area contributed by atoms with Crippen LogP contribution in [0.25, 0.3) is 0 Å². The Kier molecular flexibility index (Phi) is 1.44. The van der Waals surface area contributed by atoms with Crippen LogP contribution in [-0.2, 0) is 5.54 Å². The molecule has 3 nitrogen and oxygen atoms in total. The van der Waals surface area contributed by atoms with Gasteiger partial charge in [0.15, 0.2) is 0 Å².